The van der Waals surface area contributed by atoms with Crippen LogP contribution in [0.2, 0.25) is 0 Å². The van der Waals surface area contributed by atoms with E-state index in [2.05, 4.69) is 39.8 Å². The Morgan fingerprint density at radius 2 is 2.00 bits per heavy atom. The molecule has 0 aromatic rings. The highest BCUT2D eigenvalue weighted by molar-refractivity contribution is 5.75. The Morgan fingerprint density at radius 1 is 1.24 bits per heavy atom. The van der Waals surface area contributed by atoms with Gasteiger partial charge in [0.25, 0.3) is 0 Å². The molecule has 0 aromatic carbocycles. The molecule has 29 heavy (non-hydrogen) atoms. The predicted octanol–water partition coefficient (Wildman–Crippen LogP) is 4.96. The van der Waals surface area contributed by atoms with E-state index in [1.54, 1.807) is 0 Å². The topological polar surface area (TPSA) is 55.8 Å². The van der Waals surface area contributed by atoms with Gasteiger partial charge < -0.3 is 14.6 Å². The molecule has 4 nitrogen and oxygen atoms in total. The van der Waals surface area contributed by atoms with Gasteiger partial charge in [0.2, 0.25) is 5.79 Å². The number of aldehydes is 1. The van der Waals surface area contributed by atoms with Crippen molar-refractivity contribution in [3.05, 3.63) is 58.2 Å². The van der Waals surface area contributed by atoms with Gasteiger partial charge in [0.1, 0.15) is 6.29 Å². The van der Waals surface area contributed by atoms with Crippen LogP contribution in [0.25, 0.3) is 0 Å². The van der Waals surface area contributed by atoms with Crippen LogP contribution in [0, 0.1) is 5.92 Å². The molecule has 0 aromatic heterocycles. The van der Waals surface area contributed by atoms with E-state index in [1.807, 2.05) is 25.2 Å². The van der Waals surface area contributed by atoms with Crippen LogP contribution in [-0.2, 0) is 14.3 Å². The fourth-order valence-electron chi connectivity index (χ4n) is 4.45. The molecule has 1 N–H and O–H groups in total. The van der Waals surface area contributed by atoms with Gasteiger partial charge in [-0.05, 0) is 83.6 Å². The minimum Gasteiger partial charge on any atom is -0.389 e. The van der Waals surface area contributed by atoms with Gasteiger partial charge in [0.15, 0.2) is 0 Å². The molecule has 158 valence electrons. The normalized spacial score (nSPS) is 34.7. The number of hydrogen-bond donors (Lipinski definition) is 1. The standard InChI is InChI=1S/C25H34O4/c1-16(2)7-6-8-17(3)9-21-10-18(4)13-25(28-21)14-20(15-26)22-12-23(27)19(5)11-24(22)29-25/h7,9,11,13-15,21-24,27H,6,8,10,12H2,1-5H3/b17-9+/t21-,22-,23-,24-,25+/m1/s1. The molecule has 3 aliphatic rings. The highest BCUT2D eigenvalue weighted by Crippen LogP contribution is 2.42. The molecular weight excluding hydrogens is 364 g/mol. The zero-order valence-corrected chi connectivity index (χ0v) is 18.3. The molecule has 0 saturated heterocycles. The first-order valence-corrected chi connectivity index (χ1v) is 10.6. The fourth-order valence-corrected chi connectivity index (χ4v) is 4.45. The molecule has 0 amide bonds. The molecule has 3 rings (SSSR count). The van der Waals surface area contributed by atoms with Crippen LogP contribution in [0.4, 0.5) is 0 Å². The number of aliphatic hydroxyl groups excluding tert-OH is 1. The molecule has 0 radical (unpaired) electrons. The van der Waals surface area contributed by atoms with Crippen LogP contribution in [0.15, 0.2) is 58.2 Å². The third kappa shape index (κ3) is 5.25. The van der Waals surface area contributed by atoms with Crippen molar-refractivity contribution < 1.29 is 19.4 Å². The summed E-state index contributed by atoms with van der Waals surface area (Å²) in [4.78, 5) is 11.8. The summed E-state index contributed by atoms with van der Waals surface area (Å²) in [5.74, 6) is -1.16. The second-order valence-electron chi connectivity index (χ2n) is 9.02. The Hall–Kier alpha value is -1.75. The molecule has 0 bridgehead atoms. The van der Waals surface area contributed by atoms with Gasteiger partial charge in [-0.25, -0.2) is 0 Å². The van der Waals surface area contributed by atoms with Crippen molar-refractivity contribution in [3.63, 3.8) is 0 Å². The van der Waals surface area contributed by atoms with E-state index in [-0.39, 0.29) is 18.1 Å². The number of ether oxygens (including phenoxy) is 2. The summed E-state index contributed by atoms with van der Waals surface area (Å²) in [7, 11) is 0. The van der Waals surface area contributed by atoms with E-state index in [4.69, 9.17) is 9.47 Å². The van der Waals surface area contributed by atoms with Crippen molar-refractivity contribution in [1.29, 1.82) is 0 Å². The predicted molar refractivity (Wildman–Crippen MR) is 115 cm³/mol. The Labute approximate surface area is 174 Å². The minimum atomic E-state index is -1.03. The summed E-state index contributed by atoms with van der Waals surface area (Å²) in [5, 5.41) is 10.2. The number of hydrogen-bond acceptors (Lipinski definition) is 4. The minimum absolute atomic E-state index is 0.0911. The first kappa shape index (κ1) is 21.9. The Balaban J connectivity index is 1.83. The van der Waals surface area contributed by atoms with Crippen molar-refractivity contribution >= 4 is 6.29 Å². The zero-order chi connectivity index (χ0) is 21.2. The monoisotopic (exact) mass is 398 g/mol. The van der Waals surface area contributed by atoms with Crippen LogP contribution >= 0.6 is 0 Å². The van der Waals surface area contributed by atoms with Crippen molar-refractivity contribution in [3.8, 4) is 0 Å². The van der Waals surface area contributed by atoms with Gasteiger partial charge in [-0.3, -0.25) is 4.79 Å². The summed E-state index contributed by atoms with van der Waals surface area (Å²) in [5.41, 5.74) is 5.35. The lowest BCUT2D eigenvalue weighted by Crippen LogP contribution is -2.49. The number of rotatable bonds is 5. The summed E-state index contributed by atoms with van der Waals surface area (Å²) >= 11 is 0. The molecular formula is C25H34O4. The van der Waals surface area contributed by atoms with Crippen LogP contribution in [0.1, 0.15) is 60.3 Å². The smallest absolute Gasteiger partial charge is 0.210 e. The molecule has 0 saturated carbocycles. The number of fused-ring (bicyclic) bond motifs is 1. The molecule has 1 aliphatic carbocycles. The lowest BCUT2D eigenvalue weighted by atomic mass is 9.78. The maximum absolute atomic E-state index is 11.8. The van der Waals surface area contributed by atoms with Crippen LogP contribution in [0.3, 0.4) is 0 Å². The lowest BCUT2D eigenvalue weighted by Gasteiger charge is -2.45. The quantitative estimate of drug-likeness (QED) is 0.525. The van der Waals surface area contributed by atoms with E-state index >= 15 is 0 Å². The van der Waals surface area contributed by atoms with E-state index < -0.39 is 11.9 Å². The van der Waals surface area contributed by atoms with Gasteiger partial charge in [-0.15, -0.1) is 0 Å². The Bertz CT molecular complexity index is 794. The maximum Gasteiger partial charge on any atom is 0.210 e. The first-order chi connectivity index (χ1) is 13.7. The van der Waals surface area contributed by atoms with Crippen molar-refractivity contribution in [1.82, 2.24) is 0 Å². The van der Waals surface area contributed by atoms with Gasteiger partial charge in [0, 0.05) is 5.92 Å². The van der Waals surface area contributed by atoms with E-state index in [1.165, 1.54) is 16.7 Å². The Kier molecular flexibility index (Phi) is 6.77. The van der Waals surface area contributed by atoms with Gasteiger partial charge in [-0.1, -0.05) is 34.9 Å². The van der Waals surface area contributed by atoms with E-state index in [0.717, 1.165) is 31.1 Å². The number of carbonyl (C=O) groups excluding carboxylic acids is 1. The molecule has 0 unspecified atom stereocenters. The van der Waals surface area contributed by atoms with E-state index in [0.29, 0.717) is 12.0 Å². The first-order valence-electron chi connectivity index (χ1n) is 10.6. The van der Waals surface area contributed by atoms with Crippen molar-refractivity contribution in [2.75, 3.05) is 0 Å². The summed E-state index contributed by atoms with van der Waals surface area (Å²) in [6, 6.07) is 0. The third-order valence-corrected chi connectivity index (χ3v) is 5.95. The van der Waals surface area contributed by atoms with Gasteiger partial charge >= 0.3 is 0 Å². The van der Waals surface area contributed by atoms with Crippen molar-refractivity contribution in [2.24, 2.45) is 5.92 Å². The third-order valence-electron chi connectivity index (χ3n) is 5.95. The largest absolute Gasteiger partial charge is 0.389 e. The molecule has 2 heterocycles. The average molecular weight is 399 g/mol. The number of aliphatic hydroxyl groups is 1. The fraction of sp³-hybridized carbons (Fsp3) is 0.560. The number of carbonyl (C=O) groups is 1. The molecule has 2 aliphatic heterocycles. The SMILES string of the molecule is CC(C)=CCC/C(C)=C/[C@@H]1CC(C)=C[C@]2(C=C(C=O)[C@H]3C[C@@H](O)C(C)=C[C@H]3O2)O1. The summed E-state index contributed by atoms with van der Waals surface area (Å²) in [6.45, 7) is 10.4. The van der Waals surface area contributed by atoms with E-state index in [9.17, 15) is 9.90 Å². The van der Waals surface area contributed by atoms with Crippen LogP contribution in [0.5, 0.6) is 0 Å². The molecule has 4 heteroatoms. The summed E-state index contributed by atoms with van der Waals surface area (Å²) in [6.07, 6.45) is 13.5. The molecule has 5 atom stereocenters. The second-order valence-corrected chi connectivity index (χ2v) is 9.02. The average Bonchev–Trinajstić information content (AvgIpc) is 2.61. The van der Waals surface area contributed by atoms with Crippen LogP contribution in [-0.4, -0.2) is 35.5 Å². The van der Waals surface area contributed by atoms with Crippen molar-refractivity contribution in [2.45, 2.75) is 84.4 Å². The maximum atomic E-state index is 11.8. The van der Waals surface area contributed by atoms with Gasteiger partial charge in [-0.2, -0.15) is 0 Å². The lowest BCUT2D eigenvalue weighted by molar-refractivity contribution is -0.225. The van der Waals surface area contributed by atoms with Crippen LogP contribution < -0.4 is 0 Å². The highest BCUT2D eigenvalue weighted by atomic mass is 16.7. The highest BCUT2D eigenvalue weighted by Gasteiger charge is 2.45. The summed E-state index contributed by atoms with van der Waals surface area (Å²) < 4.78 is 12.8. The molecule has 1 spiro atoms. The second kappa shape index (κ2) is 8.95. The van der Waals surface area contributed by atoms with Gasteiger partial charge in [0.05, 0.1) is 18.3 Å². The Morgan fingerprint density at radius 3 is 2.69 bits per heavy atom. The molecule has 0 fully saturated rings. The zero-order valence-electron chi connectivity index (χ0n) is 18.3. The number of allylic oxidation sites excluding steroid dienone is 3.